The van der Waals surface area contributed by atoms with Gasteiger partial charge in [0.05, 0.1) is 10.5 Å². The van der Waals surface area contributed by atoms with Gasteiger partial charge in [-0.1, -0.05) is 12.8 Å². The molecule has 1 aromatic heterocycles. The largest absolute Gasteiger partial charge is 0.383 e. The number of hydrogen-bond acceptors (Lipinski definition) is 5. The first-order chi connectivity index (χ1) is 8.91. The number of nitrogens with zero attached hydrogens (tertiary/aromatic N) is 2. The lowest BCUT2D eigenvalue weighted by Crippen LogP contribution is -2.43. The molecular weight excluding hydrogens is 248 g/mol. The summed E-state index contributed by atoms with van der Waals surface area (Å²) in [6.07, 6.45) is 4.99. The summed E-state index contributed by atoms with van der Waals surface area (Å²) < 4.78 is 0. The van der Waals surface area contributed by atoms with Crippen LogP contribution >= 0.6 is 0 Å². The van der Waals surface area contributed by atoms with Crippen molar-refractivity contribution in [3.05, 3.63) is 27.9 Å². The summed E-state index contributed by atoms with van der Waals surface area (Å²) >= 11 is 0. The van der Waals surface area contributed by atoms with E-state index in [9.17, 15) is 14.9 Å². The van der Waals surface area contributed by atoms with Crippen molar-refractivity contribution in [2.45, 2.75) is 38.1 Å². The van der Waals surface area contributed by atoms with Gasteiger partial charge in [0.25, 0.3) is 11.6 Å². The van der Waals surface area contributed by atoms with Crippen molar-refractivity contribution >= 4 is 17.4 Å². The molecule has 1 fully saturated rings. The van der Waals surface area contributed by atoms with Crippen LogP contribution in [0.25, 0.3) is 0 Å². The van der Waals surface area contributed by atoms with E-state index in [-0.39, 0.29) is 22.6 Å². The highest BCUT2D eigenvalue weighted by atomic mass is 16.6. The zero-order chi connectivity index (χ0) is 14.0. The normalized spacial score (nSPS) is 17.1. The van der Waals surface area contributed by atoms with Gasteiger partial charge in [-0.05, 0) is 19.8 Å². The van der Waals surface area contributed by atoms with Crippen molar-refractivity contribution in [3.63, 3.8) is 0 Å². The molecule has 1 aromatic rings. The maximum atomic E-state index is 12.1. The van der Waals surface area contributed by atoms with Gasteiger partial charge in [0.2, 0.25) is 0 Å². The number of carbonyl (C=O) groups is 1. The minimum atomic E-state index is -0.597. The summed E-state index contributed by atoms with van der Waals surface area (Å²) in [4.78, 5) is 25.9. The maximum Gasteiger partial charge on any atom is 0.288 e. The summed E-state index contributed by atoms with van der Waals surface area (Å²) in [7, 11) is 0. The number of rotatable bonds is 3. The van der Waals surface area contributed by atoms with Gasteiger partial charge < -0.3 is 11.1 Å². The molecule has 19 heavy (non-hydrogen) atoms. The topological polar surface area (TPSA) is 111 Å². The molecule has 1 heterocycles. The maximum absolute atomic E-state index is 12.1. The summed E-state index contributed by atoms with van der Waals surface area (Å²) in [6, 6.07) is 1.16. The standard InChI is InChI=1S/C12H16N4O3/c1-12(4-2-3-5-12)15-11(17)9-6-8(16(18)19)7-14-10(9)13/h6-7H,2-5H2,1H3,(H2,13,14)(H,15,17). The van der Waals surface area contributed by atoms with E-state index in [1.165, 1.54) is 0 Å². The molecule has 0 spiro atoms. The lowest BCUT2D eigenvalue weighted by atomic mass is 10.00. The Morgan fingerprint density at radius 3 is 2.74 bits per heavy atom. The number of nitrogens with two attached hydrogens (primary N) is 1. The number of anilines is 1. The Bertz CT molecular complexity index is 524. The highest BCUT2D eigenvalue weighted by Crippen LogP contribution is 2.29. The van der Waals surface area contributed by atoms with E-state index in [4.69, 9.17) is 5.73 Å². The smallest absolute Gasteiger partial charge is 0.288 e. The first-order valence-corrected chi connectivity index (χ1v) is 6.14. The molecule has 0 atom stereocenters. The Labute approximate surface area is 110 Å². The molecule has 3 N–H and O–H groups in total. The number of nitrogen functional groups attached to an aromatic ring is 1. The van der Waals surface area contributed by atoms with E-state index in [0.717, 1.165) is 37.9 Å². The Morgan fingerprint density at radius 1 is 1.53 bits per heavy atom. The Balaban J connectivity index is 2.23. The predicted molar refractivity (Wildman–Crippen MR) is 69.6 cm³/mol. The first kappa shape index (κ1) is 13.3. The number of amides is 1. The Morgan fingerprint density at radius 2 is 2.16 bits per heavy atom. The molecule has 102 valence electrons. The predicted octanol–water partition coefficient (Wildman–Crippen LogP) is 1.63. The van der Waals surface area contributed by atoms with Crippen molar-refractivity contribution in [3.8, 4) is 0 Å². The summed E-state index contributed by atoms with van der Waals surface area (Å²) in [5.41, 5.74) is 5.18. The third-order valence-electron chi connectivity index (χ3n) is 3.48. The van der Waals surface area contributed by atoms with Gasteiger partial charge in [-0.3, -0.25) is 14.9 Å². The molecule has 1 saturated carbocycles. The fraction of sp³-hybridized carbons (Fsp3) is 0.500. The van der Waals surface area contributed by atoms with Gasteiger partial charge in [-0.25, -0.2) is 4.98 Å². The van der Waals surface area contributed by atoms with Crippen molar-refractivity contribution in [2.75, 3.05) is 5.73 Å². The first-order valence-electron chi connectivity index (χ1n) is 6.14. The fourth-order valence-electron chi connectivity index (χ4n) is 2.37. The van der Waals surface area contributed by atoms with E-state index >= 15 is 0 Å². The van der Waals surface area contributed by atoms with Gasteiger partial charge in [0, 0.05) is 11.6 Å². The SMILES string of the molecule is CC1(NC(=O)c2cc([N+](=O)[O-])cnc2N)CCCC1. The van der Waals surface area contributed by atoms with E-state index in [2.05, 4.69) is 10.3 Å². The van der Waals surface area contributed by atoms with Crippen molar-refractivity contribution in [1.29, 1.82) is 0 Å². The lowest BCUT2D eigenvalue weighted by molar-refractivity contribution is -0.385. The van der Waals surface area contributed by atoms with Gasteiger partial charge in [-0.15, -0.1) is 0 Å². The molecule has 0 aliphatic heterocycles. The van der Waals surface area contributed by atoms with Crippen LogP contribution in [0.15, 0.2) is 12.3 Å². The minimum Gasteiger partial charge on any atom is -0.383 e. The molecule has 0 saturated heterocycles. The minimum absolute atomic E-state index is 0.00435. The van der Waals surface area contributed by atoms with Crippen LogP contribution in [0.5, 0.6) is 0 Å². The fourth-order valence-corrected chi connectivity index (χ4v) is 2.37. The molecule has 0 bridgehead atoms. The molecule has 2 rings (SSSR count). The van der Waals surface area contributed by atoms with Gasteiger partial charge in [-0.2, -0.15) is 0 Å². The third-order valence-corrected chi connectivity index (χ3v) is 3.48. The second-order valence-electron chi connectivity index (χ2n) is 5.11. The van der Waals surface area contributed by atoms with Crippen molar-refractivity contribution in [2.24, 2.45) is 0 Å². The molecule has 7 heteroatoms. The van der Waals surface area contributed by atoms with Crippen LogP contribution in [0.2, 0.25) is 0 Å². The lowest BCUT2D eigenvalue weighted by Gasteiger charge is -2.25. The van der Waals surface area contributed by atoms with Crippen LogP contribution in [-0.4, -0.2) is 21.4 Å². The Hall–Kier alpha value is -2.18. The monoisotopic (exact) mass is 264 g/mol. The van der Waals surface area contributed by atoms with E-state index in [1.807, 2.05) is 6.92 Å². The second-order valence-corrected chi connectivity index (χ2v) is 5.11. The van der Waals surface area contributed by atoms with E-state index in [1.54, 1.807) is 0 Å². The summed E-state index contributed by atoms with van der Waals surface area (Å²) in [5, 5.41) is 13.6. The number of pyridine rings is 1. The molecule has 7 nitrogen and oxygen atoms in total. The summed E-state index contributed by atoms with van der Waals surface area (Å²) in [5.74, 6) is -0.400. The summed E-state index contributed by atoms with van der Waals surface area (Å²) in [6.45, 7) is 1.97. The highest BCUT2D eigenvalue weighted by Gasteiger charge is 2.31. The van der Waals surface area contributed by atoms with Crippen LogP contribution in [0.1, 0.15) is 43.0 Å². The number of aromatic nitrogens is 1. The molecular formula is C12H16N4O3. The quantitative estimate of drug-likeness (QED) is 0.636. The molecule has 0 aromatic carbocycles. The third kappa shape index (κ3) is 2.81. The van der Waals surface area contributed by atoms with Crippen LogP contribution in [0, 0.1) is 10.1 Å². The number of nitrogens with one attached hydrogen (secondary N) is 1. The van der Waals surface area contributed by atoms with Crippen LogP contribution in [0.3, 0.4) is 0 Å². The van der Waals surface area contributed by atoms with E-state index < -0.39 is 10.8 Å². The zero-order valence-electron chi connectivity index (χ0n) is 10.7. The molecule has 0 unspecified atom stereocenters. The highest BCUT2D eigenvalue weighted by molar-refractivity contribution is 5.99. The number of carbonyl (C=O) groups excluding carboxylic acids is 1. The average molecular weight is 264 g/mol. The molecule has 1 aliphatic carbocycles. The number of hydrogen-bond donors (Lipinski definition) is 2. The van der Waals surface area contributed by atoms with Crippen LogP contribution in [0.4, 0.5) is 11.5 Å². The number of nitro groups is 1. The molecule has 1 aliphatic rings. The van der Waals surface area contributed by atoms with Crippen molar-refractivity contribution < 1.29 is 9.72 Å². The Kier molecular flexibility index (Phi) is 3.37. The van der Waals surface area contributed by atoms with Gasteiger partial charge >= 0.3 is 0 Å². The average Bonchev–Trinajstić information content (AvgIpc) is 2.75. The molecule has 1 amide bonds. The van der Waals surface area contributed by atoms with Crippen LogP contribution in [-0.2, 0) is 0 Å². The van der Waals surface area contributed by atoms with Crippen molar-refractivity contribution in [1.82, 2.24) is 10.3 Å². The zero-order valence-corrected chi connectivity index (χ0v) is 10.7. The van der Waals surface area contributed by atoms with Gasteiger partial charge in [0.15, 0.2) is 0 Å². The van der Waals surface area contributed by atoms with Crippen LogP contribution < -0.4 is 11.1 Å². The van der Waals surface area contributed by atoms with Gasteiger partial charge in [0.1, 0.15) is 12.0 Å². The molecule has 0 radical (unpaired) electrons. The van der Waals surface area contributed by atoms with E-state index in [0.29, 0.717) is 0 Å². The second kappa shape index (κ2) is 4.83.